The molecule has 1 aromatic heterocycles. The molecule has 0 aliphatic rings. The first-order valence-electron chi connectivity index (χ1n) is 7.06. The maximum atomic E-state index is 4.80. The van der Waals surface area contributed by atoms with Gasteiger partial charge in [-0.2, -0.15) is 0 Å². The highest BCUT2D eigenvalue weighted by atomic mass is 14.9. The van der Waals surface area contributed by atoms with E-state index in [9.17, 15) is 0 Å². The summed E-state index contributed by atoms with van der Waals surface area (Å²) in [6.07, 6.45) is 3.54. The molecule has 0 spiro atoms. The van der Waals surface area contributed by atoms with Gasteiger partial charge in [-0.3, -0.25) is 0 Å². The zero-order valence-electron chi connectivity index (χ0n) is 12.3. The van der Waals surface area contributed by atoms with Crippen molar-refractivity contribution in [3.8, 4) is 0 Å². The molecule has 1 atom stereocenters. The lowest BCUT2D eigenvalue weighted by atomic mass is 9.91. The smallest absolute Gasteiger partial charge is 0.106 e. The lowest BCUT2D eigenvalue weighted by molar-refractivity contribution is 0.518. The molecule has 0 radical (unpaired) electrons. The predicted octanol–water partition coefficient (Wildman–Crippen LogP) is 4.64. The summed E-state index contributed by atoms with van der Waals surface area (Å²) in [6.45, 7) is 13.5. The molecule has 0 aliphatic carbocycles. The summed E-state index contributed by atoms with van der Waals surface area (Å²) >= 11 is 0. The van der Waals surface area contributed by atoms with E-state index in [1.807, 2.05) is 0 Å². The molecule has 17 heavy (non-hydrogen) atoms. The molecular weight excluding hydrogens is 208 g/mol. The Hall–Kier alpha value is -0.790. The van der Waals surface area contributed by atoms with Gasteiger partial charge in [0.25, 0.3) is 0 Å². The van der Waals surface area contributed by atoms with E-state index in [2.05, 4.69) is 46.5 Å². The van der Waals surface area contributed by atoms with Crippen LogP contribution in [0.25, 0.3) is 0 Å². The van der Waals surface area contributed by atoms with Gasteiger partial charge in [0.2, 0.25) is 0 Å². The van der Waals surface area contributed by atoms with Crippen LogP contribution in [0, 0.1) is 5.92 Å². The van der Waals surface area contributed by atoms with Crippen molar-refractivity contribution < 1.29 is 0 Å². The standard InChI is InChI=1S/C15H28N2/c1-7-8-9-13-16-14(11(4)5)15(17-13)12(6)10(2)3/h10-12H,7-9H2,1-6H3,(H,16,17). The Morgan fingerprint density at radius 2 is 1.76 bits per heavy atom. The average Bonchev–Trinajstić information content (AvgIpc) is 2.69. The Labute approximate surface area is 106 Å². The molecule has 1 heterocycles. The van der Waals surface area contributed by atoms with Gasteiger partial charge >= 0.3 is 0 Å². The number of aryl methyl sites for hydroxylation is 1. The van der Waals surface area contributed by atoms with E-state index in [-0.39, 0.29) is 0 Å². The van der Waals surface area contributed by atoms with E-state index in [0.29, 0.717) is 17.8 Å². The third-order valence-corrected chi connectivity index (χ3v) is 3.58. The Bertz CT molecular complexity index is 337. The van der Waals surface area contributed by atoms with Gasteiger partial charge in [-0.25, -0.2) is 4.98 Å². The molecule has 1 aromatic rings. The van der Waals surface area contributed by atoms with Crippen LogP contribution in [0.3, 0.4) is 0 Å². The number of H-pyrrole nitrogens is 1. The first kappa shape index (κ1) is 14.3. The van der Waals surface area contributed by atoms with Crippen LogP contribution in [0.1, 0.15) is 83.4 Å². The van der Waals surface area contributed by atoms with Crippen molar-refractivity contribution in [2.45, 2.75) is 72.6 Å². The second kappa shape index (κ2) is 6.23. The van der Waals surface area contributed by atoms with Crippen LogP contribution in [-0.2, 0) is 6.42 Å². The summed E-state index contributed by atoms with van der Waals surface area (Å²) in [5.41, 5.74) is 2.64. The number of nitrogens with one attached hydrogen (secondary N) is 1. The van der Waals surface area contributed by atoms with E-state index in [4.69, 9.17) is 4.98 Å². The molecule has 1 unspecified atom stereocenters. The molecule has 0 bridgehead atoms. The Morgan fingerprint density at radius 3 is 2.24 bits per heavy atom. The van der Waals surface area contributed by atoms with E-state index in [0.717, 1.165) is 6.42 Å². The fourth-order valence-electron chi connectivity index (χ4n) is 2.04. The zero-order chi connectivity index (χ0) is 13.0. The van der Waals surface area contributed by atoms with E-state index in [1.165, 1.54) is 30.1 Å². The Kier molecular flexibility index (Phi) is 5.23. The highest BCUT2D eigenvalue weighted by Crippen LogP contribution is 2.29. The molecule has 2 nitrogen and oxygen atoms in total. The first-order chi connectivity index (χ1) is 7.97. The number of nitrogens with zero attached hydrogens (tertiary/aromatic N) is 1. The number of aromatic nitrogens is 2. The van der Waals surface area contributed by atoms with Crippen molar-refractivity contribution in [1.82, 2.24) is 9.97 Å². The van der Waals surface area contributed by atoms with Gasteiger partial charge in [-0.05, 0) is 18.3 Å². The van der Waals surface area contributed by atoms with Crippen molar-refractivity contribution in [3.63, 3.8) is 0 Å². The number of hydrogen-bond acceptors (Lipinski definition) is 1. The van der Waals surface area contributed by atoms with Crippen molar-refractivity contribution in [2.24, 2.45) is 5.92 Å². The van der Waals surface area contributed by atoms with Crippen molar-refractivity contribution in [3.05, 3.63) is 17.2 Å². The summed E-state index contributed by atoms with van der Waals surface area (Å²) < 4.78 is 0. The van der Waals surface area contributed by atoms with E-state index < -0.39 is 0 Å². The van der Waals surface area contributed by atoms with Crippen LogP contribution in [0.5, 0.6) is 0 Å². The quantitative estimate of drug-likeness (QED) is 0.766. The molecule has 0 saturated heterocycles. The number of unbranched alkanes of at least 4 members (excludes halogenated alkanes) is 1. The van der Waals surface area contributed by atoms with Crippen LogP contribution in [0.15, 0.2) is 0 Å². The minimum Gasteiger partial charge on any atom is -0.345 e. The minimum atomic E-state index is 0.512. The molecule has 1 rings (SSSR count). The van der Waals surface area contributed by atoms with Crippen molar-refractivity contribution in [2.75, 3.05) is 0 Å². The molecular formula is C15H28N2. The van der Waals surface area contributed by atoms with Crippen LogP contribution < -0.4 is 0 Å². The van der Waals surface area contributed by atoms with E-state index in [1.54, 1.807) is 0 Å². The summed E-state index contributed by atoms with van der Waals surface area (Å²) in [5, 5.41) is 0. The Morgan fingerprint density at radius 1 is 1.12 bits per heavy atom. The van der Waals surface area contributed by atoms with Crippen molar-refractivity contribution >= 4 is 0 Å². The fourth-order valence-corrected chi connectivity index (χ4v) is 2.04. The summed E-state index contributed by atoms with van der Waals surface area (Å²) in [6, 6.07) is 0. The lowest BCUT2D eigenvalue weighted by Gasteiger charge is -2.16. The lowest BCUT2D eigenvalue weighted by Crippen LogP contribution is -2.06. The van der Waals surface area contributed by atoms with Crippen LogP contribution in [0.2, 0.25) is 0 Å². The highest BCUT2D eigenvalue weighted by molar-refractivity contribution is 5.22. The van der Waals surface area contributed by atoms with Crippen molar-refractivity contribution in [1.29, 1.82) is 0 Å². The number of hydrogen-bond donors (Lipinski definition) is 1. The molecule has 0 fully saturated rings. The molecule has 0 aromatic carbocycles. The predicted molar refractivity (Wildman–Crippen MR) is 74.5 cm³/mol. The maximum absolute atomic E-state index is 4.80. The molecule has 0 amide bonds. The van der Waals surface area contributed by atoms with Crippen LogP contribution in [-0.4, -0.2) is 9.97 Å². The molecule has 0 saturated carbocycles. The summed E-state index contributed by atoms with van der Waals surface area (Å²) in [7, 11) is 0. The third-order valence-electron chi connectivity index (χ3n) is 3.58. The van der Waals surface area contributed by atoms with E-state index >= 15 is 0 Å². The molecule has 1 N–H and O–H groups in total. The van der Waals surface area contributed by atoms with Gasteiger partial charge in [0.15, 0.2) is 0 Å². The monoisotopic (exact) mass is 236 g/mol. The summed E-state index contributed by atoms with van der Waals surface area (Å²) in [5.74, 6) is 2.91. The fraction of sp³-hybridized carbons (Fsp3) is 0.800. The van der Waals surface area contributed by atoms with Gasteiger partial charge in [0, 0.05) is 18.0 Å². The van der Waals surface area contributed by atoms with Gasteiger partial charge in [0.1, 0.15) is 5.82 Å². The largest absolute Gasteiger partial charge is 0.345 e. The number of imidazole rings is 1. The third kappa shape index (κ3) is 3.58. The van der Waals surface area contributed by atoms with Crippen LogP contribution in [0.4, 0.5) is 0 Å². The molecule has 2 heteroatoms. The normalized spacial score (nSPS) is 13.6. The SMILES string of the molecule is CCCCc1nc(C(C)C)c(C(C)C(C)C)[nH]1. The minimum absolute atomic E-state index is 0.512. The topological polar surface area (TPSA) is 28.7 Å². The zero-order valence-corrected chi connectivity index (χ0v) is 12.3. The number of rotatable bonds is 6. The Balaban J connectivity index is 2.96. The molecule has 98 valence electrons. The van der Waals surface area contributed by atoms with Gasteiger partial charge < -0.3 is 4.98 Å². The number of aromatic amines is 1. The van der Waals surface area contributed by atoms with Gasteiger partial charge in [-0.15, -0.1) is 0 Å². The second-order valence-corrected chi connectivity index (χ2v) is 5.77. The maximum Gasteiger partial charge on any atom is 0.106 e. The van der Waals surface area contributed by atoms with Gasteiger partial charge in [-0.1, -0.05) is 48.0 Å². The first-order valence-corrected chi connectivity index (χ1v) is 7.06. The second-order valence-electron chi connectivity index (χ2n) is 5.77. The summed E-state index contributed by atoms with van der Waals surface area (Å²) in [4.78, 5) is 8.36. The van der Waals surface area contributed by atoms with Crippen LogP contribution >= 0.6 is 0 Å². The molecule has 0 aliphatic heterocycles. The van der Waals surface area contributed by atoms with Gasteiger partial charge in [0.05, 0.1) is 5.69 Å². The highest BCUT2D eigenvalue weighted by Gasteiger charge is 2.20. The average molecular weight is 236 g/mol.